The molecule has 0 aromatic carbocycles. The van der Waals surface area contributed by atoms with Crippen molar-refractivity contribution < 1.29 is 14.3 Å². The van der Waals surface area contributed by atoms with E-state index in [4.69, 9.17) is 9.52 Å². The van der Waals surface area contributed by atoms with Crippen molar-refractivity contribution >= 4 is 5.97 Å². The predicted octanol–water partition coefficient (Wildman–Crippen LogP) is 2.25. The van der Waals surface area contributed by atoms with Crippen molar-refractivity contribution in [3.05, 3.63) is 23.7 Å². The lowest BCUT2D eigenvalue weighted by atomic mass is 9.85. The molecule has 0 amide bonds. The number of carboxylic acids is 1. The van der Waals surface area contributed by atoms with Gasteiger partial charge < -0.3 is 9.52 Å². The van der Waals surface area contributed by atoms with E-state index < -0.39 is 5.97 Å². The molecule has 0 fully saturated rings. The molecule has 0 radical (unpaired) electrons. The maximum Gasteiger partial charge on any atom is 0.303 e. The summed E-state index contributed by atoms with van der Waals surface area (Å²) < 4.78 is 5.35. The van der Waals surface area contributed by atoms with Crippen molar-refractivity contribution in [3.63, 3.8) is 0 Å². The Labute approximate surface area is 82.7 Å². The fraction of sp³-hybridized carbons (Fsp3) is 0.545. The van der Waals surface area contributed by atoms with E-state index in [9.17, 15) is 4.79 Å². The predicted molar refractivity (Wildman–Crippen MR) is 51.1 cm³/mol. The van der Waals surface area contributed by atoms with E-state index in [0.717, 1.165) is 31.4 Å². The Morgan fingerprint density at radius 2 is 2.50 bits per heavy atom. The Hall–Kier alpha value is -1.25. The zero-order valence-electron chi connectivity index (χ0n) is 8.03. The van der Waals surface area contributed by atoms with Gasteiger partial charge in [0, 0.05) is 12.8 Å². The minimum absolute atomic E-state index is 0.278. The first-order valence-electron chi connectivity index (χ1n) is 5.02. The van der Waals surface area contributed by atoms with Gasteiger partial charge in [0.1, 0.15) is 5.76 Å². The van der Waals surface area contributed by atoms with Gasteiger partial charge >= 0.3 is 5.97 Å². The molecule has 1 aromatic heterocycles. The Bertz CT molecular complexity index is 327. The van der Waals surface area contributed by atoms with Crippen molar-refractivity contribution in [2.75, 3.05) is 0 Å². The number of aliphatic carboxylic acids is 1. The highest BCUT2D eigenvalue weighted by Crippen LogP contribution is 2.28. The number of carboxylic acid groups (broad SMARTS) is 1. The molecule has 1 aromatic rings. The maximum atomic E-state index is 10.4. The summed E-state index contributed by atoms with van der Waals surface area (Å²) in [6.45, 7) is 0. The average Bonchev–Trinajstić information content (AvgIpc) is 2.61. The molecule has 1 heterocycles. The Morgan fingerprint density at radius 1 is 1.64 bits per heavy atom. The van der Waals surface area contributed by atoms with E-state index in [2.05, 4.69) is 0 Å². The van der Waals surface area contributed by atoms with Gasteiger partial charge in [-0.1, -0.05) is 0 Å². The van der Waals surface area contributed by atoms with Crippen LogP contribution in [0.4, 0.5) is 0 Å². The first kappa shape index (κ1) is 9.31. The molecule has 0 saturated carbocycles. The molecule has 3 nitrogen and oxygen atoms in total. The Kier molecular flexibility index (Phi) is 2.57. The van der Waals surface area contributed by atoms with Gasteiger partial charge in [-0.2, -0.15) is 0 Å². The Balaban J connectivity index is 1.91. The number of aryl methyl sites for hydroxylation is 1. The molecule has 1 N–H and O–H groups in total. The van der Waals surface area contributed by atoms with Crippen LogP contribution in [-0.2, 0) is 17.6 Å². The number of furan rings is 1. The quantitative estimate of drug-likeness (QED) is 0.802. The highest BCUT2D eigenvalue weighted by atomic mass is 16.4. The average molecular weight is 194 g/mol. The summed E-state index contributed by atoms with van der Waals surface area (Å²) in [6, 6.07) is 2.02. The minimum atomic E-state index is -0.699. The molecule has 0 spiro atoms. The van der Waals surface area contributed by atoms with Crippen molar-refractivity contribution in [1.29, 1.82) is 0 Å². The van der Waals surface area contributed by atoms with Crippen LogP contribution in [-0.4, -0.2) is 11.1 Å². The molecule has 0 bridgehead atoms. The zero-order chi connectivity index (χ0) is 9.97. The largest absolute Gasteiger partial charge is 0.481 e. The molecule has 1 atom stereocenters. The molecule has 1 unspecified atom stereocenters. The molecular weight excluding hydrogens is 180 g/mol. The number of hydrogen-bond donors (Lipinski definition) is 1. The third kappa shape index (κ3) is 1.97. The molecule has 1 aliphatic rings. The standard InChI is InChI=1S/C11H14O3/c12-11(13)4-2-8-1-3-9-5-6-14-10(9)7-8/h5-6,8H,1-4,7H2,(H,12,13). The van der Waals surface area contributed by atoms with E-state index in [1.54, 1.807) is 6.26 Å². The summed E-state index contributed by atoms with van der Waals surface area (Å²) in [5.41, 5.74) is 1.30. The molecule has 14 heavy (non-hydrogen) atoms. The lowest BCUT2D eigenvalue weighted by Gasteiger charge is -2.20. The molecule has 0 saturated heterocycles. The number of carbonyl (C=O) groups is 1. The maximum absolute atomic E-state index is 10.4. The van der Waals surface area contributed by atoms with Crippen LogP contribution < -0.4 is 0 Å². The van der Waals surface area contributed by atoms with E-state index in [1.807, 2.05) is 6.07 Å². The highest BCUT2D eigenvalue weighted by molar-refractivity contribution is 5.66. The summed E-state index contributed by atoms with van der Waals surface area (Å²) in [6.07, 6.45) is 5.83. The molecule has 1 aliphatic carbocycles. The van der Waals surface area contributed by atoms with Crippen LogP contribution in [0, 0.1) is 5.92 Å². The number of hydrogen-bond acceptors (Lipinski definition) is 2. The summed E-state index contributed by atoms with van der Waals surface area (Å²) in [5, 5.41) is 8.58. The van der Waals surface area contributed by atoms with E-state index >= 15 is 0 Å². The van der Waals surface area contributed by atoms with Gasteiger partial charge in [0.25, 0.3) is 0 Å². The fourth-order valence-electron chi connectivity index (χ4n) is 2.07. The van der Waals surface area contributed by atoms with Crippen molar-refractivity contribution in [3.8, 4) is 0 Å². The summed E-state index contributed by atoms with van der Waals surface area (Å²) in [7, 11) is 0. The van der Waals surface area contributed by atoms with Crippen molar-refractivity contribution in [2.45, 2.75) is 32.1 Å². The van der Waals surface area contributed by atoms with Crippen LogP contribution in [0.15, 0.2) is 16.7 Å². The second kappa shape index (κ2) is 3.86. The van der Waals surface area contributed by atoms with Crippen LogP contribution in [0.3, 0.4) is 0 Å². The van der Waals surface area contributed by atoms with Gasteiger partial charge in [0.05, 0.1) is 6.26 Å². The molecular formula is C11H14O3. The number of rotatable bonds is 3. The SMILES string of the molecule is O=C(O)CCC1CCc2ccoc2C1. The highest BCUT2D eigenvalue weighted by Gasteiger charge is 2.21. The third-order valence-corrected chi connectivity index (χ3v) is 2.90. The van der Waals surface area contributed by atoms with Gasteiger partial charge in [-0.05, 0) is 36.8 Å². The Morgan fingerprint density at radius 3 is 3.29 bits per heavy atom. The monoisotopic (exact) mass is 194 g/mol. The van der Waals surface area contributed by atoms with E-state index in [-0.39, 0.29) is 6.42 Å². The van der Waals surface area contributed by atoms with Gasteiger partial charge in [0.15, 0.2) is 0 Å². The van der Waals surface area contributed by atoms with E-state index in [1.165, 1.54) is 5.56 Å². The third-order valence-electron chi connectivity index (χ3n) is 2.90. The molecule has 3 heteroatoms. The van der Waals surface area contributed by atoms with Crippen LogP contribution in [0.1, 0.15) is 30.6 Å². The minimum Gasteiger partial charge on any atom is -0.481 e. The molecule has 2 rings (SSSR count). The second-order valence-corrected chi connectivity index (χ2v) is 3.91. The first-order chi connectivity index (χ1) is 6.75. The van der Waals surface area contributed by atoms with Gasteiger partial charge in [-0.25, -0.2) is 0 Å². The van der Waals surface area contributed by atoms with Gasteiger partial charge in [-0.3, -0.25) is 4.79 Å². The summed E-state index contributed by atoms with van der Waals surface area (Å²) in [5.74, 6) is 0.853. The van der Waals surface area contributed by atoms with Gasteiger partial charge in [-0.15, -0.1) is 0 Å². The lowest BCUT2D eigenvalue weighted by Crippen LogP contribution is -2.14. The zero-order valence-corrected chi connectivity index (χ0v) is 8.03. The van der Waals surface area contributed by atoms with Crippen LogP contribution in [0.5, 0.6) is 0 Å². The van der Waals surface area contributed by atoms with Crippen LogP contribution in [0.25, 0.3) is 0 Å². The summed E-state index contributed by atoms with van der Waals surface area (Å²) in [4.78, 5) is 10.4. The normalized spacial score (nSPS) is 20.4. The molecule has 0 aliphatic heterocycles. The van der Waals surface area contributed by atoms with Crippen molar-refractivity contribution in [2.24, 2.45) is 5.92 Å². The van der Waals surface area contributed by atoms with Crippen LogP contribution >= 0.6 is 0 Å². The number of fused-ring (bicyclic) bond motifs is 1. The van der Waals surface area contributed by atoms with Crippen LogP contribution in [0.2, 0.25) is 0 Å². The molecule has 76 valence electrons. The first-order valence-corrected chi connectivity index (χ1v) is 5.02. The summed E-state index contributed by atoms with van der Waals surface area (Å²) >= 11 is 0. The van der Waals surface area contributed by atoms with Crippen molar-refractivity contribution in [1.82, 2.24) is 0 Å². The second-order valence-electron chi connectivity index (χ2n) is 3.91. The topological polar surface area (TPSA) is 50.4 Å². The van der Waals surface area contributed by atoms with Gasteiger partial charge in [0.2, 0.25) is 0 Å². The smallest absolute Gasteiger partial charge is 0.303 e. The lowest BCUT2D eigenvalue weighted by molar-refractivity contribution is -0.137. The fourth-order valence-corrected chi connectivity index (χ4v) is 2.07. The van der Waals surface area contributed by atoms with E-state index in [0.29, 0.717) is 5.92 Å².